The fourth-order valence-corrected chi connectivity index (χ4v) is 2.24. The Bertz CT molecular complexity index is 396. The fourth-order valence-electron chi connectivity index (χ4n) is 2.24. The molecule has 2 saturated carbocycles. The minimum Gasteiger partial charge on any atom is -0.355 e. The van der Waals surface area contributed by atoms with Gasteiger partial charge in [-0.15, -0.1) is 0 Å². The lowest BCUT2D eigenvalue weighted by Gasteiger charge is -2.24. The molecular weight excluding hydrogens is 212 g/mol. The molecule has 0 saturated heterocycles. The van der Waals surface area contributed by atoms with Gasteiger partial charge in [0, 0.05) is 19.3 Å². The van der Waals surface area contributed by atoms with Crippen molar-refractivity contribution < 1.29 is 4.79 Å². The van der Waals surface area contributed by atoms with E-state index in [9.17, 15) is 4.79 Å². The number of aromatic nitrogens is 1. The van der Waals surface area contributed by atoms with Crippen LogP contribution >= 0.6 is 0 Å². The largest absolute Gasteiger partial charge is 0.355 e. The van der Waals surface area contributed by atoms with E-state index in [0.717, 1.165) is 42.6 Å². The molecular formula is C14H18N2O. The van der Waals surface area contributed by atoms with Gasteiger partial charge >= 0.3 is 0 Å². The Labute approximate surface area is 102 Å². The summed E-state index contributed by atoms with van der Waals surface area (Å²) in [5, 5.41) is 0. The van der Waals surface area contributed by atoms with Crippen molar-refractivity contribution in [2.45, 2.75) is 25.7 Å². The molecule has 0 spiro atoms. The molecule has 0 aromatic carbocycles. The predicted molar refractivity (Wildman–Crippen MR) is 67.3 cm³/mol. The maximum atomic E-state index is 11.1. The van der Waals surface area contributed by atoms with Crippen molar-refractivity contribution in [1.82, 2.24) is 4.98 Å². The monoisotopic (exact) mass is 230 g/mol. The highest BCUT2D eigenvalue weighted by molar-refractivity contribution is 5.82. The molecule has 0 atom stereocenters. The standard InChI is InChI=1S/C14H18N2O/c17-10-13-2-1-7-15-14(13)16(8-11-3-4-11)9-12-5-6-12/h1-2,7,10-12H,3-6,8-9H2. The lowest BCUT2D eigenvalue weighted by atomic mass is 10.2. The predicted octanol–water partition coefficient (Wildman–Crippen LogP) is 2.52. The Balaban J connectivity index is 1.80. The average molecular weight is 230 g/mol. The van der Waals surface area contributed by atoms with E-state index in [1.54, 1.807) is 6.20 Å². The Morgan fingerprint density at radius 2 is 1.88 bits per heavy atom. The highest BCUT2D eigenvalue weighted by Crippen LogP contribution is 2.35. The molecule has 2 aliphatic rings. The SMILES string of the molecule is O=Cc1cccnc1N(CC1CC1)CC1CC1. The molecule has 0 bridgehead atoms. The molecule has 3 nitrogen and oxygen atoms in total. The van der Waals surface area contributed by atoms with Gasteiger partial charge in [0.25, 0.3) is 0 Å². The zero-order valence-corrected chi connectivity index (χ0v) is 10.0. The van der Waals surface area contributed by atoms with Crippen molar-refractivity contribution in [1.29, 1.82) is 0 Å². The van der Waals surface area contributed by atoms with Crippen LogP contribution in [0, 0.1) is 11.8 Å². The third kappa shape index (κ3) is 2.65. The van der Waals surface area contributed by atoms with Crippen LogP contribution in [0.2, 0.25) is 0 Å². The van der Waals surface area contributed by atoms with Crippen molar-refractivity contribution >= 4 is 12.1 Å². The van der Waals surface area contributed by atoms with E-state index < -0.39 is 0 Å². The Morgan fingerprint density at radius 1 is 1.24 bits per heavy atom. The lowest BCUT2D eigenvalue weighted by Crippen LogP contribution is -2.29. The first-order chi connectivity index (χ1) is 8.36. The van der Waals surface area contributed by atoms with Crippen LogP contribution in [-0.2, 0) is 0 Å². The third-order valence-corrected chi connectivity index (χ3v) is 3.59. The number of aldehydes is 1. The minimum absolute atomic E-state index is 0.730. The van der Waals surface area contributed by atoms with Crippen LogP contribution in [0.5, 0.6) is 0 Å². The number of carbonyl (C=O) groups is 1. The summed E-state index contributed by atoms with van der Waals surface area (Å²) in [7, 11) is 0. The average Bonchev–Trinajstić information content (AvgIpc) is 3.23. The van der Waals surface area contributed by atoms with Crippen LogP contribution in [-0.4, -0.2) is 24.4 Å². The minimum atomic E-state index is 0.730. The number of anilines is 1. The molecule has 2 fully saturated rings. The normalized spacial score (nSPS) is 19.1. The first kappa shape index (κ1) is 10.8. The topological polar surface area (TPSA) is 33.2 Å². The van der Waals surface area contributed by atoms with Crippen LogP contribution in [0.25, 0.3) is 0 Å². The zero-order valence-electron chi connectivity index (χ0n) is 10.0. The maximum Gasteiger partial charge on any atom is 0.153 e. The summed E-state index contributed by atoms with van der Waals surface area (Å²) in [6.45, 7) is 2.16. The van der Waals surface area contributed by atoms with Gasteiger partial charge in [0.1, 0.15) is 5.82 Å². The van der Waals surface area contributed by atoms with Crippen LogP contribution in [0.1, 0.15) is 36.0 Å². The van der Waals surface area contributed by atoms with E-state index in [1.807, 2.05) is 12.1 Å². The summed E-state index contributed by atoms with van der Waals surface area (Å²) in [6, 6.07) is 3.70. The number of hydrogen-bond donors (Lipinski definition) is 0. The molecule has 90 valence electrons. The summed E-state index contributed by atoms with van der Waals surface area (Å²) in [5.74, 6) is 2.55. The summed E-state index contributed by atoms with van der Waals surface area (Å²) in [4.78, 5) is 17.8. The molecule has 0 N–H and O–H groups in total. The highest BCUT2D eigenvalue weighted by atomic mass is 16.1. The van der Waals surface area contributed by atoms with E-state index in [-0.39, 0.29) is 0 Å². The Hall–Kier alpha value is -1.38. The van der Waals surface area contributed by atoms with Crippen LogP contribution < -0.4 is 4.90 Å². The molecule has 2 aliphatic carbocycles. The van der Waals surface area contributed by atoms with E-state index in [2.05, 4.69) is 9.88 Å². The van der Waals surface area contributed by atoms with Gasteiger partial charge in [-0.05, 0) is 49.7 Å². The second kappa shape index (κ2) is 4.47. The van der Waals surface area contributed by atoms with Crippen LogP contribution in [0.4, 0.5) is 5.82 Å². The number of hydrogen-bond acceptors (Lipinski definition) is 3. The Morgan fingerprint density at radius 3 is 2.41 bits per heavy atom. The molecule has 1 heterocycles. The first-order valence-electron chi connectivity index (χ1n) is 6.52. The third-order valence-electron chi connectivity index (χ3n) is 3.59. The van der Waals surface area contributed by atoms with Crippen molar-refractivity contribution in [2.75, 3.05) is 18.0 Å². The second-order valence-electron chi connectivity index (χ2n) is 5.33. The van der Waals surface area contributed by atoms with Crippen molar-refractivity contribution in [3.05, 3.63) is 23.9 Å². The second-order valence-corrected chi connectivity index (χ2v) is 5.33. The molecule has 1 aromatic rings. The summed E-state index contributed by atoms with van der Waals surface area (Å²) >= 11 is 0. The molecule has 0 unspecified atom stereocenters. The smallest absolute Gasteiger partial charge is 0.153 e. The molecule has 0 amide bonds. The van der Waals surface area contributed by atoms with Crippen LogP contribution in [0.3, 0.4) is 0 Å². The summed E-state index contributed by atoms with van der Waals surface area (Å²) < 4.78 is 0. The van der Waals surface area contributed by atoms with Gasteiger partial charge in [-0.1, -0.05) is 0 Å². The summed E-state index contributed by atoms with van der Waals surface area (Å²) in [5.41, 5.74) is 0.730. The van der Waals surface area contributed by atoms with Gasteiger partial charge in [-0.3, -0.25) is 4.79 Å². The van der Waals surface area contributed by atoms with E-state index in [0.29, 0.717) is 0 Å². The zero-order chi connectivity index (χ0) is 11.7. The van der Waals surface area contributed by atoms with E-state index >= 15 is 0 Å². The highest BCUT2D eigenvalue weighted by Gasteiger charge is 2.30. The maximum absolute atomic E-state index is 11.1. The lowest BCUT2D eigenvalue weighted by molar-refractivity contribution is 0.112. The molecule has 0 aliphatic heterocycles. The van der Waals surface area contributed by atoms with E-state index in [1.165, 1.54) is 25.7 Å². The van der Waals surface area contributed by atoms with Gasteiger partial charge < -0.3 is 4.90 Å². The molecule has 3 heteroatoms. The summed E-state index contributed by atoms with van der Waals surface area (Å²) in [6.07, 6.45) is 8.06. The Kier molecular flexibility index (Phi) is 2.83. The van der Waals surface area contributed by atoms with Gasteiger partial charge in [0.15, 0.2) is 6.29 Å². The number of pyridine rings is 1. The van der Waals surface area contributed by atoms with Crippen molar-refractivity contribution in [3.8, 4) is 0 Å². The molecule has 17 heavy (non-hydrogen) atoms. The fraction of sp³-hybridized carbons (Fsp3) is 0.571. The molecule has 1 aromatic heterocycles. The van der Waals surface area contributed by atoms with Crippen molar-refractivity contribution in [3.63, 3.8) is 0 Å². The number of carbonyl (C=O) groups excluding carboxylic acids is 1. The molecule has 3 rings (SSSR count). The quantitative estimate of drug-likeness (QED) is 0.704. The van der Waals surface area contributed by atoms with Crippen molar-refractivity contribution in [2.24, 2.45) is 11.8 Å². The van der Waals surface area contributed by atoms with Crippen LogP contribution in [0.15, 0.2) is 18.3 Å². The van der Waals surface area contributed by atoms with Gasteiger partial charge in [-0.2, -0.15) is 0 Å². The van der Waals surface area contributed by atoms with E-state index in [4.69, 9.17) is 0 Å². The van der Waals surface area contributed by atoms with Gasteiger partial charge in [0.05, 0.1) is 5.56 Å². The first-order valence-corrected chi connectivity index (χ1v) is 6.52. The molecule has 0 radical (unpaired) electrons. The number of nitrogens with zero attached hydrogens (tertiary/aromatic N) is 2. The van der Waals surface area contributed by atoms with Gasteiger partial charge in [0.2, 0.25) is 0 Å². The number of rotatable bonds is 6. The van der Waals surface area contributed by atoms with Gasteiger partial charge in [-0.25, -0.2) is 4.98 Å².